The van der Waals surface area contributed by atoms with Crippen LogP contribution < -0.4 is 10.6 Å². The lowest BCUT2D eigenvalue weighted by atomic mass is 10.1. The van der Waals surface area contributed by atoms with Gasteiger partial charge in [-0.25, -0.2) is 0 Å². The Bertz CT molecular complexity index is 529. The second kappa shape index (κ2) is 4.66. The lowest BCUT2D eigenvalue weighted by molar-refractivity contribution is -0.126. The van der Waals surface area contributed by atoms with Crippen molar-refractivity contribution in [3.63, 3.8) is 0 Å². The maximum absolute atomic E-state index is 12.1. The zero-order valence-electron chi connectivity index (χ0n) is 10.4. The van der Waals surface area contributed by atoms with E-state index in [1.54, 1.807) is 0 Å². The molecule has 5 nitrogen and oxygen atoms in total. The topological polar surface area (TPSA) is 78.4 Å². The molecule has 2 aliphatic rings. The molecule has 19 heavy (non-hydrogen) atoms. The van der Waals surface area contributed by atoms with E-state index in [1.807, 2.05) is 24.3 Å². The summed E-state index contributed by atoms with van der Waals surface area (Å²) in [5.41, 5.74) is 2.03. The van der Waals surface area contributed by atoms with Crippen molar-refractivity contribution in [1.29, 1.82) is 0 Å². The summed E-state index contributed by atoms with van der Waals surface area (Å²) >= 11 is 0. The van der Waals surface area contributed by atoms with Crippen LogP contribution in [0.2, 0.25) is 0 Å². The van der Waals surface area contributed by atoms with Gasteiger partial charge >= 0.3 is 0 Å². The first-order chi connectivity index (χ1) is 9.15. The fourth-order valence-corrected chi connectivity index (χ4v) is 2.81. The van der Waals surface area contributed by atoms with Crippen LogP contribution in [0.4, 0.5) is 0 Å². The summed E-state index contributed by atoms with van der Waals surface area (Å²) in [6.45, 7) is 0. The predicted octanol–water partition coefficient (Wildman–Crippen LogP) is 0.0395. The van der Waals surface area contributed by atoms with Crippen molar-refractivity contribution >= 4 is 11.8 Å². The average Bonchev–Trinajstić information content (AvgIpc) is 2.95. The summed E-state index contributed by atoms with van der Waals surface area (Å²) < 4.78 is 0. The summed E-state index contributed by atoms with van der Waals surface area (Å²) in [5.74, 6) is -0.306. The van der Waals surface area contributed by atoms with E-state index in [9.17, 15) is 14.7 Å². The van der Waals surface area contributed by atoms with Crippen molar-refractivity contribution in [2.45, 2.75) is 37.5 Å². The minimum absolute atomic E-state index is 0.0903. The molecule has 100 valence electrons. The quantitative estimate of drug-likeness (QED) is 0.702. The van der Waals surface area contributed by atoms with Crippen LogP contribution in [0.15, 0.2) is 24.3 Å². The molecular weight excluding hydrogens is 244 g/mol. The molecule has 1 aliphatic heterocycles. The van der Waals surface area contributed by atoms with Crippen molar-refractivity contribution in [2.24, 2.45) is 0 Å². The number of hydrogen-bond donors (Lipinski definition) is 3. The average molecular weight is 260 g/mol. The lowest BCUT2D eigenvalue weighted by Crippen LogP contribution is -2.44. The van der Waals surface area contributed by atoms with Crippen LogP contribution in [0, 0.1) is 0 Å². The van der Waals surface area contributed by atoms with Crippen LogP contribution in [-0.2, 0) is 16.0 Å². The van der Waals surface area contributed by atoms with Crippen molar-refractivity contribution in [2.75, 3.05) is 0 Å². The number of aliphatic hydroxyl groups is 1. The van der Waals surface area contributed by atoms with E-state index < -0.39 is 12.1 Å². The van der Waals surface area contributed by atoms with E-state index in [0.717, 1.165) is 11.1 Å². The van der Waals surface area contributed by atoms with Gasteiger partial charge in [0.2, 0.25) is 11.8 Å². The van der Waals surface area contributed by atoms with Crippen LogP contribution >= 0.6 is 0 Å². The van der Waals surface area contributed by atoms with Crippen molar-refractivity contribution in [3.05, 3.63) is 35.4 Å². The maximum Gasteiger partial charge on any atom is 0.243 e. The molecule has 0 radical (unpaired) electrons. The van der Waals surface area contributed by atoms with E-state index in [1.165, 1.54) is 0 Å². The number of carbonyl (C=O) groups excluding carboxylic acids is 2. The molecule has 1 aromatic carbocycles. The van der Waals surface area contributed by atoms with Crippen LogP contribution in [0.3, 0.4) is 0 Å². The summed E-state index contributed by atoms with van der Waals surface area (Å²) in [4.78, 5) is 23.2. The summed E-state index contributed by atoms with van der Waals surface area (Å²) in [6, 6.07) is 6.86. The Morgan fingerprint density at radius 1 is 1.37 bits per heavy atom. The molecule has 0 aromatic heterocycles. The zero-order valence-corrected chi connectivity index (χ0v) is 10.4. The second-order valence-electron chi connectivity index (χ2n) is 5.12. The molecule has 3 rings (SSSR count). The van der Waals surface area contributed by atoms with Gasteiger partial charge in [0.15, 0.2) is 0 Å². The highest BCUT2D eigenvalue weighted by Gasteiger charge is 2.35. The number of hydrogen-bond acceptors (Lipinski definition) is 3. The van der Waals surface area contributed by atoms with Gasteiger partial charge in [-0.05, 0) is 17.5 Å². The monoisotopic (exact) mass is 260 g/mol. The third-order valence-corrected chi connectivity index (χ3v) is 3.81. The number of aliphatic hydroxyl groups excluding tert-OH is 1. The molecule has 3 N–H and O–H groups in total. The molecule has 3 atom stereocenters. The van der Waals surface area contributed by atoms with E-state index in [2.05, 4.69) is 10.6 Å². The third-order valence-electron chi connectivity index (χ3n) is 3.81. The van der Waals surface area contributed by atoms with E-state index in [0.29, 0.717) is 19.3 Å². The molecule has 0 bridgehead atoms. The SMILES string of the molecule is O=C1CC[C@@H](C(=O)N[C@@H]2c3ccccc3C[C@@H]2O)N1. The maximum atomic E-state index is 12.1. The van der Waals surface area contributed by atoms with Gasteiger partial charge in [0.1, 0.15) is 6.04 Å². The van der Waals surface area contributed by atoms with Crippen molar-refractivity contribution < 1.29 is 14.7 Å². The zero-order chi connectivity index (χ0) is 13.4. The smallest absolute Gasteiger partial charge is 0.243 e. The molecule has 1 aromatic rings. The number of rotatable bonds is 2. The predicted molar refractivity (Wildman–Crippen MR) is 68.2 cm³/mol. The van der Waals surface area contributed by atoms with E-state index in [-0.39, 0.29) is 17.9 Å². The number of carbonyl (C=O) groups is 2. The Morgan fingerprint density at radius 2 is 2.16 bits per heavy atom. The van der Waals surface area contributed by atoms with E-state index in [4.69, 9.17) is 0 Å². The Hall–Kier alpha value is -1.88. The van der Waals surface area contributed by atoms with Crippen molar-refractivity contribution in [3.8, 4) is 0 Å². The number of amides is 2. The Morgan fingerprint density at radius 3 is 2.89 bits per heavy atom. The highest BCUT2D eigenvalue weighted by molar-refractivity contribution is 5.91. The van der Waals surface area contributed by atoms with Crippen LogP contribution in [0.25, 0.3) is 0 Å². The first-order valence-electron chi connectivity index (χ1n) is 6.51. The molecule has 1 saturated heterocycles. The number of benzene rings is 1. The van der Waals surface area contributed by atoms with Gasteiger partial charge in [-0.3, -0.25) is 9.59 Å². The van der Waals surface area contributed by atoms with Crippen molar-refractivity contribution in [1.82, 2.24) is 10.6 Å². The molecule has 0 unspecified atom stereocenters. The number of nitrogens with one attached hydrogen (secondary N) is 2. The van der Waals surface area contributed by atoms with Crippen LogP contribution in [-0.4, -0.2) is 29.1 Å². The molecule has 2 amide bonds. The first kappa shape index (κ1) is 12.2. The standard InChI is InChI=1S/C14H16N2O3/c17-11-7-8-3-1-2-4-9(8)13(11)16-14(19)10-5-6-12(18)15-10/h1-4,10-11,13,17H,5-7H2,(H,15,18)(H,16,19)/t10-,11-,13+/m0/s1. The second-order valence-corrected chi connectivity index (χ2v) is 5.12. The minimum Gasteiger partial charge on any atom is -0.390 e. The lowest BCUT2D eigenvalue weighted by Gasteiger charge is -2.20. The van der Waals surface area contributed by atoms with Gasteiger partial charge in [-0.15, -0.1) is 0 Å². The van der Waals surface area contributed by atoms with E-state index >= 15 is 0 Å². The minimum atomic E-state index is -0.599. The van der Waals surface area contributed by atoms with Crippen LogP contribution in [0.1, 0.15) is 30.0 Å². The Labute approximate surface area is 111 Å². The molecule has 5 heteroatoms. The summed E-state index contributed by atoms with van der Waals surface area (Å²) in [5, 5.41) is 15.5. The summed E-state index contributed by atoms with van der Waals surface area (Å²) in [7, 11) is 0. The fraction of sp³-hybridized carbons (Fsp3) is 0.429. The molecule has 0 saturated carbocycles. The normalized spacial score (nSPS) is 28.9. The Kier molecular flexibility index (Phi) is 2.98. The Balaban J connectivity index is 1.73. The molecule has 0 spiro atoms. The fourth-order valence-electron chi connectivity index (χ4n) is 2.81. The largest absolute Gasteiger partial charge is 0.390 e. The summed E-state index contributed by atoms with van der Waals surface area (Å²) in [6.07, 6.45) is 0.869. The van der Waals surface area contributed by atoms with Gasteiger partial charge in [0, 0.05) is 12.8 Å². The molecule has 1 heterocycles. The van der Waals surface area contributed by atoms with Gasteiger partial charge in [-0.1, -0.05) is 24.3 Å². The highest BCUT2D eigenvalue weighted by Crippen LogP contribution is 2.31. The van der Waals surface area contributed by atoms with Gasteiger partial charge < -0.3 is 15.7 Å². The molecule has 1 aliphatic carbocycles. The van der Waals surface area contributed by atoms with Gasteiger partial charge in [0.25, 0.3) is 0 Å². The highest BCUT2D eigenvalue weighted by atomic mass is 16.3. The first-order valence-corrected chi connectivity index (χ1v) is 6.51. The number of fused-ring (bicyclic) bond motifs is 1. The molecule has 1 fully saturated rings. The third kappa shape index (κ3) is 2.21. The van der Waals surface area contributed by atoms with Crippen LogP contribution in [0.5, 0.6) is 0 Å². The van der Waals surface area contributed by atoms with Gasteiger partial charge in [0.05, 0.1) is 12.1 Å². The van der Waals surface area contributed by atoms with Gasteiger partial charge in [-0.2, -0.15) is 0 Å². The molecular formula is C14H16N2O3.